The number of likely N-dealkylation sites (tertiary alicyclic amines) is 1. The lowest BCUT2D eigenvalue weighted by Crippen LogP contribution is -2.42. The van der Waals surface area contributed by atoms with Gasteiger partial charge in [0.1, 0.15) is 10.8 Å². The highest BCUT2D eigenvalue weighted by atomic mass is 32.1. The number of amides is 1. The van der Waals surface area contributed by atoms with Crippen molar-refractivity contribution in [1.29, 1.82) is 0 Å². The molecular formula is C24H23F7N6O2S. The average Bonchev–Trinajstić information content (AvgIpc) is 3.23. The Morgan fingerprint density at radius 1 is 1.18 bits per heavy atom. The highest BCUT2D eigenvalue weighted by Crippen LogP contribution is 2.31. The molecule has 3 aromatic rings. The minimum Gasteiger partial charge on any atom is -0.490 e. The van der Waals surface area contributed by atoms with Gasteiger partial charge in [-0.05, 0) is 50.0 Å². The summed E-state index contributed by atoms with van der Waals surface area (Å²) < 4.78 is 100. The lowest BCUT2D eigenvalue weighted by atomic mass is 9.99. The van der Waals surface area contributed by atoms with Gasteiger partial charge < -0.3 is 15.4 Å². The van der Waals surface area contributed by atoms with Crippen LogP contribution in [0.3, 0.4) is 0 Å². The Morgan fingerprint density at radius 3 is 2.62 bits per heavy atom. The highest BCUT2D eigenvalue weighted by molar-refractivity contribution is 7.10. The number of nitrogens with zero attached hydrogens (tertiary/aromatic N) is 4. The molecule has 2 aromatic heterocycles. The van der Waals surface area contributed by atoms with Crippen molar-refractivity contribution in [3.63, 3.8) is 0 Å². The fourth-order valence-electron chi connectivity index (χ4n) is 4.16. The van der Waals surface area contributed by atoms with Crippen LogP contribution >= 0.6 is 11.5 Å². The van der Waals surface area contributed by atoms with Gasteiger partial charge >= 0.3 is 12.4 Å². The van der Waals surface area contributed by atoms with Gasteiger partial charge in [0.25, 0.3) is 5.91 Å². The summed E-state index contributed by atoms with van der Waals surface area (Å²) in [6, 6.07) is 3.64. The number of ether oxygens (including phenoxy) is 1. The predicted molar refractivity (Wildman–Crippen MR) is 132 cm³/mol. The number of rotatable bonds is 8. The van der Waals surface area contributed by atoms with E-state index in [9.17, 15) is 35.5 Å². The monoisotopic (exact) mass is 592 g/mol. The van der Waals surface area contributed by atoms with Gasteiger partial charge in [-0.3, -0.25) is 9.69 Å². The van der Waals surface area contributed by atoms with Crippen molar-refractivity contribution in [2.45, 2.75) is 32.1 Å². The number of aromatic nitrogens is 3. The fraction of sp³-hybridized carbons (Fsp3) is 0.417. The molecule has 216 valence electrons. The van der Waals surface area contributed by atoms with Gasteiger partial charge in [-0.15, -0.1) is 0 Å². The number of carbonyl (C=O) groups is 1. The number of halogens is 7. The van der Waals surface area contributed by atoms with Crippen LogP contribution in [0.1, 0.15) is 34.6 Å². The predicted octanol–water partition coefficient (Wildman–Crippen LogP) is 6.05. The lowest BCUT2D eigenvalue weighted by molar-refractivity contribution is -0.149. The highest BCUT2D eigenvalue weighted by Gasteiger charge is 2.34. The molecule has 0 bridgehead atoms. The Bertz CT molecular complexity index is 1330. The fourth-order valence-corrected chi connectivity index (χ4v) is 4.96. The molecule has 1 atom stereocenters. The molecule has 2 N–H and O–H groups in total. The second kappa shape index (κ2) is 11.9. The zero-order valence-corrected chi connectivity index (χ0v) is 21.7. The first-order valence-corrected chi connectivity index (χ1v) is 12.7. The number of hydrogen-bond donors (Lipinski definition) is 2. The maximum absolute atomic E-state index is 14.4. The van der Waals surface area contributed by atoms with Crippen molar-refractivity contribution in [2.75, 3.05) is 36.9 Å². The standard InChI is InChI=1S/C24H23F7N6O2S/c1-13-20(22(40-36-13)35-19-9-32-18(8-33-19)24(29,30)31)21(38)34-15-4-5-16(25)17(7-15)39-11-14-3-2-6-37(10-14)12-23(26,27)28/h4-5,7-9,14H,2-3,6,10-12H2,1H3,(H,33,35)(H,34,38)/t14-/m0/s1. The van der Waals surface area contributed by atoms with Crippen LogP contribution in [0, 0.1) is 18.7 Å². The molecule has 0 aliphatic carbocycles. The van der Waals surface area contributed by atoms with Gasteiger partial charge in [0.15, 0.2) is 17.3 Å². The van der Waals surface area contributed by atoms with E-state index >= 15 is 0 Å². The molecule has 1 saturated heterocycles. The summed E-state index contributed by atoms with van der Waals surface area (Å²) in [6.07, 6.45) is -6.34. The number of carbonyl (C=O) groups excluding carboxylic acids is 1. The number of alkyl halides is 6. The van der Waals surface area contributed by atoms with Crippen LogP contribution in [-0.4, -0.2) is 57.6 Å². The molecular weight excluding hydrogens is 569 g/mol. The van der Waals surface area contributed by atoms with Gasteiger partial charge in [0, 0.05) is 24.2 Å². The second-order valence-electron chi connectivity index (χ2n) is 9.15. The summed E-state index contributed by atoms with van der Waals surface area (Å²) in [5, 5.41) is 5.53. The van der Waals surface area contributed by atoms with Crippen LogP contribution in [0.15, 0.2) is 30.6 Å². The van der Waals surface area contributed by atoms with Gasteiger partial charge in [-0.25, -0.2) is 14.4 Å². The summed E-state index contributed by atoms with van der Waals surface area (Å²) in [4.78, 5) is 21.3. The Morgan fingerprint density at radius 2 is 1.95 bits per heavy atom. The molecule has 3 heterocycles. The van der Waals surface area contributed by atoms with Crippen molar-refractivity contribution < 1.29 is 40.3 Å². The van der Waals surface area contributed by atoms with Gasteiger partial charge in [0.2, 0.25) is 0 Å². The number of nitrogens with one attached hydrogen (secondary N) is 2. The van der Waals surface area contributed by atoms with Gasteiger partial charge in [-0.2, -0.15) is 30.7 Å². The molecule has 1 aromatic carbocycles. The molecule has 0 radical (unpaired) electrons. The van der Waals surface area contributed by atoms with Crippen LogP contribution in [0.2, 0.25) is 0 Å². The largest absolute Gasteiger partial charge is 0.490 e. The molecule has 40 heavy (non-hydrogen) atoms. The van der Waals surface area contributed by atoms with Crippen molar-refractivity contribution in [3.05, 3.63) is 53.4 Å². The number of anilines is 3. The van der Waals surface area contributed by atoms with Crippen LogP contribution in [-0.2, 0) is 6.18 Å². The molecule has 4 rings (SSSR count). The van der Waals surface area contributed by atoms with Gasteiger partial charge in [0.05, 0.1) is 36.8 Å². The Labute approximate surface area is 227 Å². The molecule has 1 amide bonds. The first kappa shape index (κ1) is 29.5. The molecule has 1 aliphatic heterocycles. The number of benzene rings is 1. The zero-order chi connectivity index (χ0) is 29.1. The molecule has 0 unspecified atom stereocenters. The van der Waals surface area contributed by atoms with E-state index in [0.717, 1.165) is 23.8 Å². The molecule has 0 spiro atoms. The quantitative estimate of drug-likeness (QED) is 0.308. The van der Waals surface area contributed by atoms with Gasteiger partial charge in [-0.1, -0.05) is 0 Å². The summed E-state index contributed by atoms with van der Waals surface area (Å²) in [6.45, 7) is 1.03. The van der Waals surface area contributed by atoms with E-state index < -0.39 is 36.3 Å². The third-order valence-electron chi connectivity index (χ3n) is 5.94. The van der Waals surface area contributed by atoms with E-state index in [1.165, 1.54) is 17.0 Å². The SMILES string of the molecule is Cc1nsc(Nc2cnc(C(F)(F)F)cn2)c1C(=O)Nc1ccc(F)c(OC[C@H]2CCCN(CC(F)(F)F)C2)c1. The number of aryl methyl sites for hydroxylation is 1. The Hall–Kier alpha value is -3.53. The molecule has 8 nitrogen and oxygen atoms in total. The summed E-state index contributed by atoms with van der Waals surface area (Å²) in [5.41, 5.74) is -0.586. The molecule has 16 heteroatoms. The smallest absolute Gasteiger partial charge is 0.434 e. The first-order valence-electron chi connectivity index (χ1n) is 11.9. The van der Waals surface area contributed by atoms with Crippen LogP contribution in [0.5, 0.6) is 5.75 Å². The third-order valence-corrected chi connectivity index (χ3v) is 6.80. The summed E-state index contributed by atoms with van der Waals surface area (Å²) in [5.74, 6) is -1.79. The topological polar surface area (TPSA) is 92.3 Å². The maximum Gasteiger partial charge on any atom is 0.434 e. The Balaban J connectivity index is 1.40. The van der Waals surface area contributed by atoms with E-state index in [1.807, 2.05) is 0 Å². The minimum absolute atomic E-state index is 0.00152. The van der Waals surface area contributed by atoms with Crippen molar-refractivity contribution >= 4 is 33.9 Å². The van der Waals surface area contributed by atoms with E-state index in [1.54, 1.807) is 6.92 Å². The Kier molecular flexibility index (Phi) is 8.77. The van der Waals surface area contributed by atoms with Crippen molar-refractivity contribution in [2.24, 2.45) is 5.92 Å². The minimum atomic E-state index is -4.65. The maximum atomic E-state index is 14.4. The zero-order valence-electron chi connectivity index (χ0n) is 20.9. The van der Waals surface area contributed by atoms with E-state index in [0.29, 0.717) is 31.3 Å². The van der Waals surface area contributed by atoms with E-state index in [-0.39, 0.29) is 46.9 Å². The summed E-state index contributed by atoms with van der Waals surface area (Å²) in [7, 11) is 0. The van der Waals surface area contributed by atoms with Crippen LogP contribution < -0.4 is 15.4 Å². The van der Waals surface area contributed by atoms with Crippen molar-refractivity contribution in [1.82, 2.24) is 19.2 Å². The first-order chi connectivity index (χ1) is 18.8. The molecule has 1 fully saturated rings. The van der Waals surface area contributed by atoms with E-state index in [4.69, 9.17) is 4.74 Å². The van der Waals surface area contributed by atoms with Crippen LogP contribution in [0.4, 0.5) is 47.2 Å². The van der Waals surface area contributed by atoms with Crippen LogP contribution in [0.25, 0.3) is 0 Å². The van der Waals surface area contributed by atoms with E-state index in [2.05, 4.69) is 25.0 Å². The average molecular weight is 593 g/mol. The number of piperidine rings is 1. The summed E-state index contributed by atoms with van der Waals surface area (Å²) >= 11 is 0.882. The lowest BCUT2D eigenvalue weighted by Gasteiger charge is -2.33. The molecule has 0 saturated carbocycles. The van der Waals surface area contributed by atoms with Crippen molar-refractivity contribution in [3.8, 4) is 5.75 Å². The number of hydrogen-bond acceptors (Lipinski definition) is 8. The molecule has 1 aliphatic rings. The normalized spacial score (nSPS) is 16.6. The third kappa shape index (κ3) is 7.78. The second-order valence-corrected chi connectivity index (χ2v) is 9.92.